The Bertz CT molecular complexity index is 709. The van der Waals surface area contributed by atoms with Crippen LogP contribution in [-0.4, -0.2) is 85.9 Å². The Balaban J connectivity index is 2.76. The van der Waals surface area contributed by atoms with E-state index < -0.39 is 60.6 Å². The maximum atomic E-state index is 12.4. The molecule has 0 spiro atoms. The van der Waals surface area contributed by atoms with Gasteiger partial charge in [0.05, 0.1) is 19.0 Å². The zero-order valence-corrected chi connectivity index (χ0v) is 16.0. The van der Waals surface area contributed by atoms with Crippen LogP contribution in [0.1, 0.15) is 19.5 Å². The van der Waals surface area contributed by atoms with E-state index >= 15 is 0 Å². The van der Waals surface area contributed by atoms with E-state index in [1.165, 1.54) is 26.4 Å². The van der Waals surface area contributed by atoms with Crippen molar-refractivity contribution >= 4 is 23.7 Å². The molecule has 0 aliphatic carbocycles. The van der Waals surface area contributed by atoms with Gasteiger partial charge in [0, 0.05) is 18.3 Å². The quantitative estimate of drug-likeness (QED) is 0.178. The minimum Gasteiger partial charge on any atom is -0.480 e. The van der Waals surface area contributed by atoms with Gasteiger partial charge in [-0.3, -0.25) is 14.4 Å². The number of aliphatic hydroxyl groups is 2. The van der Waals surface area contributed by atoms with Crippen molar-refractivity contribution in [1.29, 1.82) is 0 Å². The number of carbonyl (C=O) groups excluding carboxylic acids is 3. The molecule has 13 nitrogen and oxygen atoms in total. The second kappa shape index (κ2) is 11.1. The zero-order valence-electron chi connectivity index (χ0n) is 16.0. The highest BCUT2D eigenvalue weighted by molar-refractivity contribution is 5.94. The number of carbonyl (C=O) groups is 4. The first-order valence-corrected chi connectivity index (χ1v) is 8.72. The summed E-state index contributed by atoms with van der Waals surface area (Å²) in [7, 11) is 0. The third-order valence-corrected chi connectivity index (χ3v) is 3.94. The third-order valence-electron chi connectivity index (χ3n) is 3.94. The number of hydrogen-bond donors (Lipinski definition) is 8. The molecule has 1 aromatic heterocycles. The number of amides is 3. The third kappa shape index (κ3) is 7.48. The average Bonchev–Trinajstić information content (AvgIpc) is 3.16. The Morgan fingerprint density at radius 1 is 1.14 bits per heavy atom. The van der Waals surface area contributed by atoms with Crippen molar-refractivity contribution < 1.29 is 34.5 Å². The number of nitrogens with two attached hydrogens (primary N) is 1. The molecule has 13 heteroatoms. The van der Waals surface area contributed by atoms with Crippen LogP contribution < -0.4 is 21.7 Å². The number of aromatic amines is 1. The smallest absolute Gasteiger partial charge is 0.326 e. The summed E-state index contributed by atoms with van der Waals surface area (Å²) in [6.07, 6.45) is 1.31. The average molecular weight is 414 g/mol. The number of carboxylic acid groups (broad SMARTS) is 1. The van der Waals surface area contributed by atoms with Crippen LogP contribution in [0.3, 0.4) is 0 Å². The van der Waals surface area contributed by atoms with E-state index in [0.29, 0.717) is 5.69 Å². The van der Waals surface area contributed by atoms with Crippen LogP contribution in [0.5, 0.6) is 0 Å². The van der Waals surface area contributed by atoms with E-state index in [-0.39, 0.29) is 6.42 Å². The lowest BCUT2D eigenvalue weighted by molar-refractivity contribution is -0.143. The standard InChI is InChI=1S/C16H26N6O7/c1-7(20-14(26)10(17)5-23)13(25)22-12(8(2)24)15(27)21-11(16(28)29)3-9-4-18-6-19-9/h4,6-8,10-12,23-24H,3,5,17H2,1-2H3,(H,18,19)(H,20,26)(H,21,27)(H,22,25)(H,28,29). The molecule has 0 aliphatic heterocycles. The van der Waals surface area contributed by atoms with Gasteiger partial charge in [-0.25, -0.2) is 9.78 Å². The number of nitrogens with one attached hydrogen (secondary N) is 4. The van der Waals surface area contributed by atoms with Crippen molar-refractivity contribution in [2.45, 2.75) is 50.5 Å². The Labute approximate surface area is 166 Å². The van der Waals surface area contributed by atoms with Gasteiger partial charge in [0.1, 0.15) is 24.2 Å². The number of aliphatic hydroxyl groups excluding tert-OH is 2. The minimum absolute atomic E-state index is 0.0902. The first-order chi connectivity index (χ1) is 13.6. The van der Waals surface area contributed by atoms with E-state index in [1.54, 1.807) is 0 Å². The predicted octanol–water partition coefficient (Wildman–Crippen LogP) is -3.79. The predicted molar refractivity (Wildman–Crippen MR) is 98.1 cm³/mol. The van der Waals surface area contributed by atoms with Gasteiger partial charge in [-0.2, -0.15) is 0 Å². The highest BCUT2D eigenvalue weighted by Crippen LogP contribution is 2.02. The Kier molecular flexibility index (Phi) is 9.18. The topological polar surface area (TPSA) is 220 Å². The van der Waals surface area contributed by atoms with Crippen LogP contribution >= 0.6 is 0 Å². The van der Waals surface area contributed by atoms with Gasteiger partial charge in [0.25, 0.3) is 0 Å². The van der Waals surface area contributed by atoms with E-state index in [4.69, 9.17) is 10.8 Å². The summed E-state index contributed by atoms with van der Waals surface area (Å²) in [4.78, 5) is 54.2. The molecule has 0 fully saturated rings. The van der Waals surface area contributed by atoms with Gasteiger partial charge in [-0.1, -0.05) is 0 Å². The first kappa shape index (κ1) is 24.0. The molecule has 9 N–H and O–H groups in total. The van der Waals surface area contributed by atoms with Gasteiger partial charge in [0.15, 0.2) is 0 Å². The summed E-state index contributed by atoms with van der Waals surface area (Å²) >= 11 is 0. The Hall–Kier alpha value is -3.03. The highest BCUT2D eigenvalue weighted by atomic mass is 16.4. The molecule has 5 atom stereocenters. The number of aliphatic carboxylic acids is 1. The minimum atomic E-state index is -1.48. The Morgan fingerprint density at radius 3 is 2.28 bits per heavy atom. The van der Waals surface area contributed by atoms with Gasteiger partial charge in [0.2, 0.25) is 17.7 Å². The molecule has 1 heterocycles. The first-order valence-electron chi connectivity index (χ1n) is 8.72. The largest absolute Gasteiger partial charge is 0.480 e. The molecule has 1 aromatic rings. The number of rotatable bonds is 11. The molecular weight excluding hydrogens is 388 g/mol. The second-order valence-electron chi connectivity index (χ2n) is 6.43. The summed E-state index contributed by atoms with van der Waals surface area (Å²) in [6.45, 7) is 1.93. The van der Waals surface area contributed by atoms with Crippen LogP contribution in [-0.2, 0) is 25.6 Å². The van der Waals surface area contributed by atoms with Gasteiger partial charge in [-0.15, -0.1) is 0 Å². The highest BCUT2D eigenvalue weighted by Gasteiger charge is 2.31. The summed E-state index contributed by atoms with van der Waals surface area (Å²) < 4.78 is 0. The van der Waals surface area contributed by atoms with Crippen LogP contribution in [0, 0.1) is 0 Å². The van der Waals surface area contributed by atoms with E-state index in [0.717, 1.165) is 0 Å². The molecule has 0 radical (unpaired) electrons. The molecule has 0 aliphatic rings. The molecule has 5 unspecified atom stereocenters. The lowest BCUT2D eigenvalue weighted by atomic mass is 10.1. The zero-order chi connectivity index (χ0) is 22.1. The van der Waals surface area contributed by atoms with Crippen molar-refractivity contribution in [3.63, 3.8) is 0 Å². The molecule has 29 heavy (non-hydrogen) atoms. The molecule has 162 valence electrons. The molecular formula is C16H26N6O7. The fraction of sp³-hybridized carbons (Fsp3) is 0.562. The summed E-state index contributed by atoms with van der Waals surface area (Å²) in [5, 5.41) is 34.7. The normalized spacial score (nSPS) is 16.0. The van der Waals surface area contributed by atoms with Crippen LogP contribution in [0.4, 0.5) is 0 Å². The maximum Gasteiger partial charge on any atom is 0.326 e. The van der Waals surface area contributed by atoms with Crippen molar-refractivity contribution in [2.75, 3.05) is 6.61 Å². The maximum absolute atomic E-state index is 12.4. The molecule has 0 saturated heterocycles. The lowest BCUT2D eigenvalue weighted by Gasteiger charge is -2.25. The number of H-pyrrole nitrogens is 1. The summed E-state index contributed by atoms with van der Waals surface area (Å²) in [6, 6.07) is -5.16. The molecule has 0 saturated carbocycles. The van der Waals surface area contributed by atoms with Crippen molar-refractivity contribution in [3.05, 3.63) is 18.2 Å². The molecule has 1 rings (SSSR count). The van der Waals surface area contributed by atoms with Crippen LogP contribution in [0.2, 0.25) is 0 Å². The fourth-order valence-corrected chi connectivity index (χ4v) is 2.23. The van der Waals surface area contributed by atoms with Crippen LogP contribution in [0.15, 0.2) is 12.5 Å². The van der Waals surface area contributed by atoms with Crippen molar-refractivity contribution in [3.8, 4) is 0 Å². The van der Waals surface area contributed by atoms with Crippen molar-refractivity contribution in [2.24, 2.45) is 5.73 Å². The number of aromatic nitrogens is 2. The van der Waals surface area contributed by atoms with Crippen molar-refractivity contribution in [1.82, 2.24) is 25.9 Å². The van der Waals surface area contributed by atoms with E-state index in [1.807, 2.05) is 0 Å². The van der Waals surface area contributed by atoms with Crippen LogP contribution in [0.25, 0.3) is 0 Å². The molecule has 0 bridgehead atoms. The van der Waals surface area contributed by atoms with Gasteiger partial charge in [-0.05, 0) is 13.8 Å². The van der Waals surface area contributed by atoms with E-state index in [2.05, 4.69) is 25.9 Å². The monoisotopic (exact) mass is 414 g/mol. The second-order valence-corrected chi connectivity index (χ2v) is 6.43. The Morgan fingerprint density at radius 2 is 1.79 bits per heavy atom. The summed E-state index contributed by atoms with van der Waals surface area (Å²) in [5.41, 5.74) is 5.81. The SMILES string of the molecule is CC(NC(=O)C(N)CO)C(=O)NC(C(=O)NC(Cc1cnc[nH]1)C(=O)O)C(C)O. The molecule has 3 amide bonds. The summed E-state index contributed by atoms with van der Waals surface area (Å²) in [5.74, 6) is -3.84. The lowest BCUT2D eigenvalue weighted by Crippen LogP contribution is -2.59. The number of imidazole rings is 1. The van der Waals surface area contributed by atoms with E-state index in [9.17, 15) is 29.4 Å². The number of hydrogen-bond acceptors (Lipinski definition) is 8. The number of carboxylic acids is 1. The molecule has 0 aromatic carbocycles. The van der Waals surface area contributed by atoms with Gasteiger partial charge >= 0.3 is 5.97 Å². The van der Waals surface area contributed by atoms with Gasteiger partial charge < -0.3 is 42.0 Å². The fourth-order valence-electron chi connectivity index (χ4n) is 2.23. The number of nitrogens with zero attached hydrogens (tertiary/aromatic N) is 1.